The van der Waals surface area contributed by atoms with Crippen LogP contribution in [0.25, 0.3) is 0 Å². The molecule has 5 heteroatoms. The van der Waals surface area contributed by atoms with Crippen LogP contribution >= 0.6 is 11.6 Å². The first-order valence-electron chi connectivity index (χ1n) is 7.41. The Hall–Kier alpha value is -0.650. The van der Waals surface area contributed by atoms with E-state index in [2.05, 4.69) is 23.2 Å². The molecule has 2 unspecified atom stereocenters. The van der Waals surface area contributed by atoms with Gasteiger partial charge in [-0.1, -0.05) is 36.7 Å². The van der Waals surface area contributed by atoms with Gasteiger partial charge >= 0.3 is 0 Å². The SMILES string of the molecule is CCNC(CCN(C)CC(O)COC)c1ccccc1Cl. The van der Waals surface area contributed by atoms with Crippen LogP contribution in [0.4, 0.5) is 0 Å². The summed E-state index contributed by atoms with van der Waals surface area (Å²) < 4.78 is 4.95. The lowest BCUT2D eigenvalue weighted by atomic mass is 10.0. The predicted octanol–water partition coefficient (Wildman–Crippen LogP) is 2.32. The highest BCUT2D eigenvalue weighted by Gasteiger charge is 2.15. The van der Waals surface area contributed by atoms with Gasteiger partial charge in [-0.2, -0.15) is 0 Å². The highest BCUT2D eigenvalue weighted by atomic mass is 35.5. The summed E-state index contributed by atoms with van der Waals surface area (Å²) in [4.78, 5) is 2.12. The highest BCUT2D eigenvalue weighted by Crippen LogP contribution is 2.25. The van der Waals surface area contributed by atoms with Gasteiger partial charge in [-0.05, 0) is 38.2 Å². The molecule has 0 fully saturated rings. The van der Waals surface area contributed by atoms with E-state index in [0.29, 0.717) is 13.2 Å². The van der Waals surface area contributed by atoms with Gasteiger partial charge in [-0.3, -0.25) is 0 Å². The zero-order valence-electron chi connectivity index (χ0n) is 13.2. The minimum atomic E-state index is -0.446. The van der Waals surface area contributed by atoms with Gasteiger partial charge in [-0.15, -0.1) is 0 Å². The van der Waals surface area contributed by atoms with Gasteiger partial charge in [0, 0.05) is 24.7 Å². The topological polar surface area (TPSA) is 44.7 Å². The van der Waals surface area contributed by atoms with Crippen molar-refractivity contribution in [2.75, 3.05) is 40.4 Å². The highest BCUT2D eigenvalue weighted by molar-refractivity contribution is 6.31. The number of hydrogen-bond acceptors (Lipinski definition) is 4. The van der Waals surface area contributed by atoms with E-state index in [4.69, 9.17) is 16.3 Å². The van der Waals surface area contributed by atoms with Crippen LogP contribution < -0.4 is 5.32 Å². The number of likely N-dealkylation sites (N-methyl/N-ethyl adjacent to an activating group) is 1. The number of nitrogens with one attached hydrogen (secondary N) is 1. The molecular weight excluding hydrogens is 288 g/mol. The van der Waals surface area contributed by atoms with E-state index < -0.39 is 6.10 Å². The van der Waals surface area contributed by atoms with Crippen LogP contribution in [0.2, 0.25) is 5.02 Å². The molecule has 1 aromatic rings. The molecule has 0 saturated heterocycles. The van der Waals surface area contributed by atoms with Gasteiger partial charge in [0.1, 0.15) is 0 Å². The molecule has 1 rings (SSSR count). The number of ether oxygens (including phenoxy) is 1. The van der Waals surface area contributed by atoms with Gasteiger partial charge in [0.15, 0.2) is 0 Å². The smallest absolute Gasteiger partial charge is 0.0899 e. The minimum absolute atomic E-state index is 0.228. The van der Waals surface area contributed by atoms with Crippen molar-refractivity contribution in [2.45, 2.75) is 25.5 Å². The largest absolute Gasteiger partial charge is 0.389 e. The van der Waals surface area contributed by atoms with Gasteiger partial charge in [0.25, 0.3) is 0 Å². The van der Waals surface area contributed by atoms with Crippen molar-refractivity contribution in [1.29, 1.82) is 0 Å². The van der Waals surface area contributed by atoms with Crippen LogP contribution in [0.1, 0.15) is 24.9 Å². The lowest BCUT2D eigenvalue weighted by Crippen LogP contribution is -2.34. The number of methoxy groups -OCH3 is 1. The summed E-state index contributed by atoms with van der Waals surface area (Å²) in [5.41, 5.74) is 1.13. The first kappa shape index (κ1) is 18.4. The molecule has 0 heterocycles. The molecule has 0 aliphatic rings. The van der Waals surface area contributed by atoms with Crippen molar-refractivity contribution in [2.24, 2.45) is 0 Å². The van der Waals surface area contributed by atoms with Crippen molar-refractivity contribution < 1.29 is 9.84 Å². The molecule has 0 radical (unpaired) electrons. The van der Waals surface area contributed by atoms with Crippen LogP contribution in [0, 0.1) is 0 Å². The zero-order valence-corrected chi connectivity index (χ0v) is 13.9. The molecule has 0 spiro atoms. The Morgan fingerprint density at radius 1 is 1.38 bits per heavy atom. The van der Waals surface area contributed by atoms with Crippen LogP contribution in [0.3, 0.4) is 0 Å². The van der Waals surface area contributed by atoms with Crippen molar-refractivity contribution in [1.82, 2.24) is 10.2 Å². The fourth-order valence-corrected chi connectivity index (χ4v) is 2.68. The van der Waals surface area contributed by atoms with E-state index >= 15 is 0 Å². The Kier molecular flexibility index (Phi) is 8.88. The molecule has 0 aliphatic heterocycles. The lowest BCUT2D eigenvalue weighted by Gasteiger charge is -2.24. The maximum absolute atomic E-state index is 9.75. The van der Waals surface area contributed by atoms with Crippen LogP contribution in [0.15, 0.2) is 24.3 Å². The fraction of sp³-hybridized carbons (Fsp3) is 0.625. The molecule has 2 N–H and O–H groups in total. The second kappa shape index (κ2) is 10.1. The molecule has 1 aromatic carbocycles. The number of rotatable bonds is 10. The predicted molar refractivity (Wildman–Crippen MR) is 87.9 cm³/mol. The molecule has 4 nitrogen and oxygen atoms in total. The Balaban J connectivity index is 2.54. The van der Waals surface area contributed by atoms with Crippen molar-refractivity contribution in [3.05, 3.63) is 34.9 Å². The first-order valence-corrected chi connectivity index (χ1v) is 7.79. The van der Waals surface area contributed by atoms with Gasteiger partial charge in [0.2, 0.25) is 0 Å². The van der Waals surface area contributed by atoms with E-state index in [1.807, 2.05) is 25.2 Å². The van der Waals surface area contributed by atoms with E-state index in [1.165, 1.54) is 0 Å². The third kappa shape index (κ3) is 6.76. The minimum Gasteiger partial charge on any atom is -0.389 e. The maximum atomic E-state index is 9.75. The van der Waals surface area contributed by atoms with Gasteiger partial charge < -0.3 is 20.1 Å². The van der Waals surface area contributed by atoms with Crippen molar-refractivity contribution in [3.8, 4) is 0 Å². The van der Waals surface area contributed by atoms with E-state index in [1.54, 1.807) is 7.11 Å². The van der Waals surface area contributed by atoms with Crippen LogP contribution in [0.5, 0.6) is 0 Å². The summed E-state index contributed by atoms with van der Waals surface area (Å²) in [6.07, 6.45) is 0.492. The second-order valence-corrected chi connectivity index (χ2v) is 5.70. The summed E-state index contributed by atoms with van der Waals surface area (Å²) in [7, 11) is 3.61. The Labute approximate surface area is 133 Å². The molecule has 2 atom stereocenters. The number of hydrogen-bond donors (Lipinski definition) is 2. The standard InChI is InChI=1S/C16H27ClN2O2/c1-4-18-16(14-7-5-6-8-15(14)17)9-10-19(2)11-13(20)12-21-3/h5-8,13,16,18,20H,4,9-12H2,1-3H3. The summed E-state index contributed by atoms with van der Waals surface area (Å²) in [6, 6.07) is 8.17. The van der Waals surface area contributed by atoms with E-state index in [9.17, 15) is 5.11 Å². The van der Waals surface area contributed by atoms with Crippen LogP contribution in [-0.2, 0) is 4.74 Å². The lowest BCUT2D eigenvalue weighted by molar-refractivity contribution is 0.0426. The third-order valence-corrected chi connectivity index (χ3v) is 3.76. The molecule has 0 amide bonds. The molecule has 0 bridgehead atoms. The monoisotopic (exact) mass is 314 g/mol. The number of nitrogens with zero attached hydrogens (tertiary/aromatic N) is 1. The summed E-state index contributed by atoms with van der Waals surface area (Å²) in [6.45, 7) is 4.84. The van der Waals surface area contributed by atoms with Crippen LogP contribution in [-0.4, -0.2) is 56.5 Å². The molecular formula is C16H27ClN2O2. The van der Waals surface area contributed by atoms with E-state index in [0.717, 1.165) is 30.1 Å². The Morgan fingerprint density at radius 3 is 2.71 bits per heavy atom. The fourth-order valence-electron chi connectivity index (χ4n) is 2.42. The number of aliphatic hydroxyl groups excluding tert-OH is 1. The summed E-state index contributed by atoms with van der Waals surface area (Å²) in [5, 5.41) is 14.0. The average molecular weight is 315 g/mol. The maximum Gasteiger partial charge on any atom is 0.0899 e. The molecule has 21 heavy (non-hydrogen) atoms. The van der Waals surface area contributed by atoms with Crippen molar-refractivity contribution in [3.63, 3.8) is 0 Å². The van der Waals surface area contributed by atoms with Gasteiger partial charge in [0.05, 0.1) is 12.7 Å². The molecule has 0 aromatic heterocycles. The molecule has 0 saturated carbocycles. The Morgan fingerprint density at radius 2 is 2.10 bits per heavy atom. The zero-order chi connectivity index (χ0) is 15.7. The first-order chi connectivity index (χ1) is 10.1. The number of halogens is 1. The number of aliphatic hydroxyl groups is 1. The van der Waals surface area contributed by atoms with Gasteiger partial charge in [-0.25, -0.2) is 0 Å². The second-order valence-electron chi connectivity index (χ2n) is 5.29. The quantitative estimate of drug-likeness (QED) is 0.696. The summed E-state index contributed by atoms with van der Waals surface area (Å²) >= 11 is 6.29. The third-order valence-electron chi connectivity index (χ3n) is 3.41. The average Bonchev–Trinajstić information content (AvgIpc) is 2.44. The molecule has 120 valence electrons. The summed E-state index contributed by atoms with van der Waals surface area (Å²) in [5.74, 6) is 0. The normalized spacial score (nSPS) is 14.4. The van der Waals surface area contributed by atoms with Crippen molar-refractivity contribution >= 4 is 11.6 Å². The number of benzene rings is 1. The molecule has 0 aliphatic carbocycles. The Bertz CT molecular complexity index is 404. The van der Waals surface area contributed by atoms with E-state index in [-0.39, 0.29) is 6.04 Å².